The van der Waals surface area contributed by atoms with Crippen LogP contribution in [0.5, 0.6) is 5.75 Å². The molecule has 0 radical (unpaired) electrons. The third kappa shape index (κ3) is 5.46. The number of nitrogens with one attached hydrogen (secondary N) is 2. The number of primary amides is 1. The Hall–Kier alpha value is -3.55. The Kier molecular flexibility index (Phi) is 6.37. The molecule has 4 N–H and O–H groups in total. The van der Waals surface area contributed by atoms with Crippen molar-refractivity contribution in [3.63, 3.8) is 0 Å². The summed E-state index contributed by atoms with van der Waals surface area (Å²) in [6.45, 7) is 3.34. The first-order valence-corrected chi connectivity index (χ1v) is 8.13. The molecule has 0 aromatic heterocycles. The van der Waals surface area contributed by atoms with Gasteiger partial charge < -0.3 is 25.8 Å². The van der Waals surface area contributed by atoms with Crippen molar-refractivity contribution in [3.05, 3.63) is 53.6 Å². The summed E-state index contributed by atoms with van der Waals surface area (Å²) in [6, 6.07) is 10.6. The summed E-state index contributed by atoms with van der Waals surface area (Å²) in [5.41, 5.74) is 6.99. The molecule has 2 rings (SSSR count). The van der Waals surface area contributed by atoms with Gasteiger partial charge in [0.1, 0.15) is 5.75 Å². The molecule has 27 heavy (non-hydrogen) atoms. The van der Waals surface area contributed by atoms with Crippen molar-refractivity contribution < 1.29 is 23.9 Å². The lowest BCUT2D eigenvalue weighted by Crippen LogP contribution is -2.30. The molecule has 0 fully saturated rings. The zero-order valence-corrected chi connectivity index (χ0v) is 15.2. The number of urea groups is 1. The van der Waals surface area contributed by atoms with Gasteiger partial charge in [0.25, 0.3) is 5.91 Å². The van der Waals surface area contributed by atoms with Crippen molar-refractivity contribution in [2.75, 3.05) is 17.7 Å². The van der Waals surface area contributed by atoms with Gasteiger partial charge in [-0.15, -0.1) is 0 Å². The number of rotatable bonds is 6. The van der Waals surface area contributed by atoms with Crippen LogP contribution in [0.15, 0.2) is 42.5 Å². The quantitative estimate of drug-likeness (QED) is 0.674. The maximum atomic E-state index is 12.4. The number of amides is 3. The highest BCUT2D eigenvalue weighted by Gasteiger charge is 2.20. The second kappa shape index (κ2) is 8.70. The summed E-state index contributed by atoms with van der Waals surface area (Å²) in [5, 5.41) is 5.05. The van der Waals surface area contributed by atoms with E-state index in [4.69, 9.17) is 15.2 Å². The summed E-state index contributed by atoms with van der Waals surface area (Å²) in [5.74, 6) is -0.710. The number of carbonyl (C=O) groups excluding carboxylic acids is 3. The SMILES string of the molecule is COc1ccc(C)cc1NC(=O)[C@H](C)OC(=O)c1cccc(NC(N)=O)c1. The standard InChI is InChI=1S/C19H21N3O5/c1-11-7-8-16(26-3)15(9-11)22-17(23)12(2)27-18(24)13-5-4-6-14(10-13)21-19(20)25/h4-10,12H,1-3H3,(H,22,23)(H3,20,21,25)/t12-/m0/s1. The van der Waals surface area contributed by atoms with Crippen LogP contribution in [0.2, 0.25) is 0 Å². The minimum absolute atomic E-state index is 0.175. The van der Waals surface area contributed by atoms with Crippen LogP contribution in [0.3, 0.4) is 0 Å². The van der Waals surface area contributed by atoms with Gasteiger partial charge in [-0.25, -0.2) is 9.59 Å². The van der Waals surface area contributed by atoms with Crippen LogP contribution in [0.4, 0.5) is 16.2 Å². The lowest BCUT2D eigenvalue weighted by Gasteiger charge is -2.16. The molecule has 0 saturated carbocycles. The summed E-state index contributed by atoms with van der Waals surface area (Å²) < 4.78 is 10.4. The van der Waals surface area contributed by atoms with Crippen LogP contribution in [-0.2, 0) is 9.53 Å². The summed E-state index contributed by atoms with van der Waals surface area (Å²) in [4.78, 5) is 35.5. The average molecular weight is 371 g/mol. The topological polar surface area (TPSA) is 120 Å². The predicted octanol–water partition coefficient (Wildman–Crippen LogP) is 2.68. The maximum absolute atomic E-state index is 12.4. The first-order chi connectivity index (χ1) is 12.8. The Morgan fingerprint density at radius 2 is 1.81 bits per heavy atom. The number of nitrogens with two attached hydrogens (primary N) is 1. The Morgan fingerprint density at radius 3 is 2.48 bits per heavy atom. The van der Waals surface area contributed by atoms with Crippen LogP contribution < -0.4 is 21.1 Å². The Morgan fingerprint density at radius 1 is 1.07 bits per heavy atom. The van der Waals surface area contributed by atoms with Gasteiger partial charge in [-0.05, 0) is 49.7 Å². The molecule has 0 heterocycles. The molecule has 0 aliphatic carbocycles. The van der Waals surface area contributed by atoms with E-state index in [0.717, 1.165) is 5.56 Å². The smallest absolute Gasteiger partial charge is 0.338 e. The number of benzene rings is 2. The molecular weight excluding hydrogens is 350 g/mol. The number of ether oxygens (including phenoxy) is 2. The number of hydrogen-bond acceptors (Lipinski definition) is 5. The number of methoxy groups -OCH3 is 1. The minimum atomic E-state index is -1.05. The largest absolute Gasteiger partial charge is 0.495 e. The van der Waals surface area contributed by atoms with Crippen LogP contribution in [-0.4, -0.2) is 31.1 Å². The fourth-order valence-electron chi connectivity index (χ4n) is 2.30. The van der Waals surface area contributed by atoms with E-state index in [-0.39, 0.29) is 5.56 Å². The highest BCUT2D eigenvalue weighted by molar-refractivity contribution is 5.99. The van der Waals surface area contributed by atoms with Crippen molar-refractivity contribution in [1.29, 1.82) is 0 Å². The van der Waals surface area contributed by atoms with E-state index >= 15 is 0 Å². The van der Waals surface area contributed by atoms with Gasteiger partial charge in [0.05, 0.1) is 18.4 Å². The van der Waals surface area contributed by atoms with Crippen molar-refractivity contribution in [2.45, 2.75) is 20.0 Å². The van der Waals surface area contributed by atoms with Crippen molar-refractivity contribution in [3.8, 4) is 5.75 Å². The second-order valence-corrected chi connectivity index (χ2v) is 5.81. The molecule has 3 amide bonds. The van der Waals surface area contributed by atoms with Crippen LogP contribution in [0, 0.1) is 6.92 Å². The van der Waals surface area contributed by atoms with Gasteiger partial charge in [-0.3, -0.25) is 4.79 Å². The van der Waals surface area contributed by atoms with E-state index in [9.17, 15) is 14.4 Å². The first kappa shape index (κ1) is 19.8. The highest BCUT2D eigenvalue weighted by Crippen LogP contribution is 2.25. The van der Waals surface area contributed by atoms with Crippen LogP contribution in [0.1, 0.15) is 22.8 Å². The van der Waals surface area contributed by atoms with Gasteiger partial charge in [-0.2, -0.15) is 0 Å². The Bertz CT molecular complexity index is 866. The Labute approximate surface area is 156 Å². The zero-order valence-electron chi connectivity index (χ0n) is 15.2. The fourth-order valence-corrected chi connectivity index (χ4v) is 2.30. The molecule has 0 aliphatic heterocycles. The van der Waals surface area contributed by atoms with Crippen molar-refractivity contribution in [2.24, 2.45) is 5.73 Å². The molecule has 8 nitrogen and oxygen atoms in total. The van der Waals surface area contributed by atoms with Gasteiger partial charge in [0, 0.05) is 5.69 Å². The molecule has 0 unspecified atom stereocenters. The molecule has 8 heteroatoms. The monoisotopic (exact) mass is 371 g/mol. The van der Waals surface area contributed by atoms with E-state index in [2.05, 4.69) is 10.6 Å². The van der Waals surface area contributed by atoms with Crippen LogP contribution >= 0.6 is 0 Å². The molecule has 0 saturated heterocycles. The average Bonchev–Trinajstić information content (AvgIpc) is 2.61. The maximum Gasteiger partial charge on any atom is 0.338 e. The molecule has 2 aromatic rings. The molecule has 0 aliphatic rings. The number of anilines is 2. The van der Waals surface area contributed by atoms with E-state index in [1.54, 1.807) is 24.3 Å². The molecule has 2 aromatic carbocycles. The summed E-state index contributed by atoms with van der Waals surface area (Å²) >= 11 is 0. The van der Waals surface area contributed by atoms with Crippen molar-refractivity contribution >= 4 is 29.3 Å². The predicted molar refractivity (Wildman–Crippen MR) is 101 cm³/mol. The van der Waals surface area contributed by atoms with Crippen LogP contribution in [0.25, 0.3) is 0 Å². The van der Waals surface area contributed by atoms with E-state index in [1.807, 2.05) is 13.0 Å². The van der Waals surface area contributed by atoms with Gasteiger partial charge in [0.15, 0.2) is 6.10 Å². The number of hydrogen-bond donors (Lipinski definition) is 3. The number of carbonyl (C=O) groups is 3. The van der Waals surface area contributed by atoms with E-state index in [1.165, 1.54) is 26.2 Å². The Balaban J connectivity index is 2.05. The molecule has 142 valence electrons. The summed E-state index contributed by atoms with van der Waals surface area (Å²) in [6.07, 6.45) is -1.05. The molecule has 1 atom stereocenters. The van der Waals surface area contributed by atoms with Gasteiger partial charge >= 0.3 is 12.0 Å². The third-order valence-electron chi connectivity index (χ3n) is 3.63. The zero-order chi connectivity index (χ0) is 20.0. The van der Waals surface area contributed by atoms with Gasteiger partial charge in [0.2, 0.25) is 0 Å². The fraction of sp³-hybridized carbons (Fsp3) is 0.211. The first-order valence-electron chi connectivity index (χ1n) is 8.13. The number of aryl methyl sites for hydroxylation is 1. The number of esters is 1. The third-order valence-corrected chi connectivity index (χ3v) is 3.63. The second-order valence-electron chi connectivity index (χ2n) is 5.81. The lowest BCUT2D eigenvalue weighted by molar-refractivity contribution is -0.123. The summed E-state index contributed by atoms with van der Waals surface area (Å²) in [7, 11) is 1.50. The van der Waals surface area contributed by atoms with E-state index in [0.29, 0.717) is 17.1 Å². The molecule has 0 bridgehead atoms. The van der Waals surface area contributed by atoms with Crippen molar-refractivity contribution in [1.82, 2.24) is 0 Å². The van der Waals surface area contributed by atoms with Gasteiger partial charge in [-0.1, -0.05) is 12.1 Å². The highest BCUT2D eigenvalue weighted by atomic mass is 16.5. The minimum Gasteiger partial charge on any atom is -0.495 e. The lowest BCUT2D eigenvalue weighted by atomic mass is 10.2. The molecule has 0 spiro atoms. The normalized spacial score (nSPS) is 11.2. The molecular formula is C19H21N3O5. The van der Waals surface area contributed by atoms with E-state index < -0.39 is 24.0 Å².